The van der Waals surface area contributed by atoms with Crippen LogP contribution >= 0.6 is 11.6 Å². The second-order valence-corrected chi connectivity index (χ2v) is 9.03. The Bertz CT molecular complexity index is 1280. The fourth-order valence-corrected chi connectivity index (χ4v) is 4.47. The van der Waals surface area contributed by atoms with E-state index in [1.54, 1.807) is 4.68 Å². The van der Waals surface area contributed by atoms with Crippen LogP contribution in [0.4, 0.5) is 11.4 Å². The van der Waals surface area contributed by atoms with Gasteiger partial charge in [0.1, 0.15) is 5.69 Å². The lowest BCUT2D eigenvalue weighted by Crippen LogP contribution is -2.46. The highest BCUT2D eigenvalue weighted by molar-refractivity contribution is 6.30. The van der Waals surface area contributed by atoms with Crippen molar-refractivity contribution in [1.82, 2.24) is 14.7 Å². The highest BCUT2D eigenvalue weighted by atomic mass is 35.5. The highest BCUT2D eigenvalue weighted by Gasteiger charge is 2.19. The van der Waals surface area contributed by atoms with Gasteiger partial charge in [0.15, 0.2) is 0 Å². The molecule has 0 unspecified atom stereocenters. The van der Waals surface area contributed by atoms with Crippen molar-refractivity contribution < 1.29 is 4.79 Å². The Morgan fingerprint density at radius 2 is 1.57 bits per heavy atom. The average Bonchev–Trinajstić information content (AvgIpc) is 3.36. The molecule has 0 saturated carbocycles. The first-order valence-electron chi connectivity index (χ1n) is 11.9. The standard InChI is InChI=1S/C28H28ClN5O/c1-2-32-16-18-33(19-17-32)24-14-12-23(13-15-24)30-28(35)27-20-26(21-8-10-22(29)11-9-21)31-34(27)25-6-4-3-5-7-25/h3-15,20H,2,16-19H2,1H3,(H,30,35). The molecule has 1 N–H and O–H groups in total. The largest absolute Gasteiger partial charge is 0.369 e. The fraction of sp³-hybridized carbons (Fsp3) is 0.214. The number of nitrogens with zero attached hydrogens (tertiary/aromatic N) is 4. The summed E-state index contributed by atoms with van der Waals surface area (Å²) in [5.41, 5.74) is 4.81. The summed E-state index contributed by atoms with van der Waals surface area (Å²) >= 11 is 6.05. The summed E-state index contributed by atoms with van der Waals surface area (Å²) in [5.74, 6) is -0.217. The van der Waals surface area contributed by atoms with Gasteiger partial charge in [0, 0.05) is 48.1 Å². The van der Waals surface area contributed by atoms with E-state index in [1.807, 2.05) is 72.8 Å². The summed E-state index contributed by atoms with van der Waals surface area (Å²) in [6.07, 6.45) is 0. The van der Waals surface area contributed by atoms with E-state index in [-0.39, 0.29) is 5.91 Å². The van der Waals surface area contributed by atoms with Gasteiger partial charge in [0.05, 0.1) is 11.4 Å². The summed E-state index contributed by atoms with van der Waals surface area (Å²) in [7, 11) is 0. The van der Waals surface area contributed by atoms with E-state index < -0.39 is 0 Å². The van der Waals surface area contributed by atoms with Crippen LogP contribution in [0, 0.1) is 0 Å². The minimum atomic E-state index is -0.217. The molecule has 0 radical (unpaired) electrons. The summed E-state index contributed by atoms with van der Waals surface area (Å²) in [6, 6.07) is 27.0. The molecule has 0 spiro atoms. The van der Waals surface area contributed by atoms with Crippen LogP contribution in [-0.4, -0.2) is 53.3 Å². The average molecular weight is 486 g/mol. The van der Waals surface area contributed by atoms with Crippen molar-refractivity contribution in [3.8, 4) is 16.9 Å². The zero-order valence-electron chi connectivity index (χ0n) is 19.7. The molecule has 1 amide bonds. The second-order valence-electron chi connectivity index (χ2n) is 8.59. The van der Waals surface area contributed by atoms with Crippen LogP contribution in [0.15, 0.2) is 84.9 Å². The zero-order chi connectivity index (χ0) is 24.2. The third-order valence-corrected chi connectivity index (χ3v) is 6.64. The maximum atomic E-state index is 13.4. The molecule has 4 aromatic rings. The predicted molar refractivity (Wildman–Crippen MR) is 143 cm³/mol. The lowest BCUT2D eigenvalue weighted by Gasteiger charge is -2.35. The van der Waals surface area contributed by atoms with E-state index in [2.05, 4.69) is 34.2 Å². The SMILES string of the molecule is CCN1CCN(c2ccc(NC(=O)c3cc(-c4ccc(Cl)cc4)nn3-c3ccccc3)cc2)CC1. The molecule has 0 bridgehead atoms. The number of para-hydroxylation sites is 1. The van der Waals surface area contributed by atoms with Gasteiger partial charge in [-0.3, -0.25) is 4.79 Å². The van der Waals surface area contributed by atoms with Gasteiger partial charge in [-0.2, -0.15) is 5.10 Å². The Balaban J connectivity index is 1.37. The number of benzene rings is 3. The molecule has 35 heavy (non-hydrogen) atoms. The van der Waals surface area contributed by atoms with Gasteiger partial charge in [-0.15, -0.1) is 0 Å². The van der Waals surface area contributed by atoms with Crippen molar-refractivity contribution >= 4 is 28.9 Å². The van der Waals surface area contributed by atoms with Crippen LogP contribution in [0.1, 0.15) is 17.4 Å². The maximum Gasteiger partial charge on any atom is 0.274 e. The number of rotatable bonds is 6. The molecule has 1 aromatic heterocycles. The van der Waals surface area contributed by atoms with Crippen LogP contribution in [0.25, 0.3) is 16.9 Å². The molecule has 2 heterocycles. The molecule has 1 aliphatic rings. The van der Waals surface area contributed by atoms with Crippen molar-refractivity contribution in [2.45, 2.75) is 6.92 Å². The zero-order valence-corrected chi connectivity index (χ0v) is 20.4. The third-order valence-electron chi connectivity index (χ3n) is 6.39. The van der Waals surface area contributed by atoms with Crippen molar-refractivity contribution in [1.29, 1.82) is 0 Å². The Labute approximate surface area is 210 Å². The molecule has 5 rings (SSSR count). The van der Waals surface area contributed by atoms with Gasteiger partial charge in [0.2, 0.25) is 0 Å². The molecule has 0 aliphatic carbocycles. The van der Waals surface area contributed by atoms with Gasteiger partial charge in [-0.25, -0.2) is 4.68 Å². The molecule has 1 aliphatic heterocycles. The summed E-state index contributed by atoms with van der Waals surface area (Å²) < 4.78 is 1.68. The smallest absolute Gasteiger partial charge is 0.274 e. The quantitative estimate of drug-likeness (QED) is 0.387. The van der Waals surface area contributed by atoms with E-state index in [4.69, 9.17) is 16.7 Å². The molecule has 1 fully saturated rings. The number of carbonyl (C=O) groups excluding carboxylic acids is 1. The van der Waals surface area contributed by atoms with E-state index in [1.165, 1.54) is 5.69 Å². The Hall–Kier alpha value is -3.61. The van der Waals surface area contributed by atoms with E-state index >= 15 is 0 Å². The number of hydrogen-bond acceptors (Lipinski definition) is 4. The fourth-order valence-electron chi connectivity index (χ4n) is 4.34. The summed E-state index contributed by atoms with van der Waals surface area (Å²) in [6.45, 7) is 7.49. The van der Waals surface area contributed by atoms with E-state index in [0.29, 0.717) is 16.4 Å². The van der Waals surface area contributed by atoms with Gasteiger partial charge < -0.3 is 15.1 Å². The number of hydrogen-bond donors (Lipinski definition) is 1. The number of likely N-dealkylation sites (N-methyl/N-ethyl adjacent to an activating group) is 1. The van der Waals surface area contributed by atoms with Crippen molar-refractivity contribution in [2.24, 2.45) is 0 Å². The van der Waals surface area contributed by atoms with Gasteiger partial charge in [-0.05, 0) is 61.1 Å². The minimum absolute atomic E-state index is 0.217. The lowest BCUT2D eigenvalue weighted by molar-refractivity contribution is 0.101. The predicted octanol–water partition coefficient (Wildman–Crippen LogP) is 5.59. The number of halogens is 1. The first kappa shape index (κ1) is 23.1. The van der Waals surface area contributed by atoms with Crippen molar-refractivity contribution in [3.63, 3.8) is 0 Å². The van der Waals surface area contributed by atoms with Crippen LogP contribution in [0.3, 0.4) is 0 Å². The number of amides is 1. The number of aromatic nitrogens is 2. The van der Waals surface area contributed by atoms with E-state index in [0.717, 1.165) is 49.7 Å². The molecule has 7 heteroatoms. The van der Waals surface area contributed by atoms with Crippen LogP contribution in [0.5, 0.6) is 0 Å². The number of anilines is 2. The molecule has 3 aromatic carbocycles. The normalized spacial score (nSPS) is 14.2. The summed E-state index contributed by atoms with van der Waals surface area (Å²) in [5, 5.41) is 8.43. The van der Waals surface area contributed by atoms with Crippen molar-refractivity contribution in [3.05, 3.63) is 95.6 Å². The molecule has 178 valence electrons. The maximum absolute atomic E-state index is 13.4. The molecule has 1 saturated heterocycles. The lowest BCUT2D eigenvalue weighted by atomic mass is 10.1. The summed E-state index contributed by atoms with van der Waals surface area (Å²) in [4.78, 5) is 18.2. The van der Waals surface area contributed by atoms with Crippen LogP contribution in [0.2, 0.25) is 5.02 Å². The molecular formula is C28H28ClN5O. The second kappa shape index (κ2) is 10.3. The Kier molecular flexibility index (Phi) is 6.84. The van der Waals surface area contributed by atoms with Crippen LogP contribution < -0.4 is 10.2 Å². The Morgan fingerprint density at radius 1 is 0.886 bits per heavy atom. The first-order chi connectivity index (χ1) is 17.1. The third kappa shape index (κ3) is 5.24. The highest BCUT2D eigenvalue weighted by Crippen LogP contribution is 2.25. The van der Waals surface area contributed by atoms with Gasteiger partial charge in [-0.1, -0.05) is 48.9 Å². The molecule has 6 nitrogen and oxygen atoms in total. The van der Waals surface area contributed by atoms with E-state index in [9.17, 15) is 4.79 Å². The number of nitrogens with one attached hydrogen (secondary N) is 1. The Morgan fingerprint density at radius 3 is 2.23 bits per heavy atom. The minimum Gasteiger partial charge on any atom is -0.369 e. The van der Waals surface area contributed by atoms with Crippen LogP contribution in [-0.2, 0) is 0 Å². The number of piperazine rings is 1. The van der Waals surface area contributed by atoms with Gasteiger partial charge >= 0.3 is 0 Å². The molecular weight excluding hydrogens is 458 g/mol. The number of carbonyl (C=O) groups is 1. The van der Waals surface area contributed by atoms with Gasteiger partial charge in [0.25, 0.3) is 5.91 Å². The van der Waals surface area contributed by atoms with Crippen molar-refractivity contribution in [2.75, 3.05) is 42.9 Å². The molecule has 0 atom stereocenters. The first-order valence-corrected chi connectivity index (χ1v) is 12.3. The monoisotopic (exact) mass is 485 g/mol. The topological polar surface area (TPSA) is 53.4 Å².